The van der Waals surface area contributed by atoms with Gasteiger partial charge in [-0.3, -0.25) is 10.1 Å². The van der Waals surface area contributed by atoms with Crippen LogP contribution in [0.25, 0.3) is 11.0 Å². The summed E-state index contributed by atoms with van der Waals surface area (Å²) in [5.41, 5.74) is 2.19. The van der Waals surface area contributed by atoms with E-state index < -0.39 is 0 Å². The highest BCUT2D eigenvalue weighted by atomic mass is 32.1. The van der Waals surface area contributed by atoms with Gasteiger partial charge in [0.2, 0.25) is 5.55 Å². The quantitative estimate of drug-likeness (QED) is 0.555. The number of fused-ring (bicyclic) bond motifs is 1. The average molecular weight is 379 g/mol. The van der Waals surface area contributed by atoms with Crippen LogP contribution in [0.2, 0.25) is 0 Å². The fourth-order valence-electron chi connectivity index (χ4n) is 2.62. The van der Waals surface area contributed by atoms with Crippen LogP contribution in [-0.2, 0) is 0 Å². The third-order valence-corrected chi connectivity index (χ3v) is 4.62. The third kappa shape index (κ3) is 3.63. The Hall–Kier alpha value is -3.32. The van der Waals surface area contributed by atoms with Crippen LogP contribution in [0.3, 0.4) is 0 Å². The van der Waals surface area contributed by atoms with Crippen molar-refractivity contribution < 1.29 is 13.6 Å². The molecule has 7 heteroatoms. The van der Waals surface area contributed by atoms with Gasteiger partial charge in [0.1, 0.15) is 17.0 Å². The van der Waals surface area contributed by atoms with Crippen LogP contribution in [0.1, 0.15) is 15.9 Å². The zero-order valence-electron chi connectivity index (χ0n) is 14.3. The van der Waals surface area contributed by atoms with Crippen LogP contribution < -0.4 is 10.9 Å². The van der Waals surface area contributed by atoms with E-state index in [4.69, 9.17) is 4.42 Å². The summed E-state index contributed by atoms with van der Waals surface area (Å²) in [6, 6.07) is 13.3. The van der Waals surface area contributed by atoms with Crippen LogP contribution in [0.5, 0.6) is 0 Å². The van der Waals surface area contributed by atoms with Crippen molar-refractivity contribution in [3.63, 3.8) is 0 Å². The molecular weight excluding hydrogens is 365 g/mol. The minimum Gasteiger partial charge on any atom is -0.438 e. The number of nitrogens with one attached hydrogen (secondary N) is 1. The molecule has 1 N–H and O–H groups in total. The first-order valence-electron chi connectivity index (χ1n) is 8.15. The number of carbonyl (C=O) groups is 1. The summed E-state index contributed by atoms with van der Waals surface area (Å²) >= 11 is 1.32. The molecule has 27 heavy (non-hydrogen) atoms. The first-order valence-corrected chi connectivity index (χ1v) is 9.03. The monoisotopic (exact) mass is 379 g/mol. The molecule has 4 aromatic rings. The number of halogens is 1. The maximum atomic E-state index is 13.4. The first-order chi connectivity index (χ1) is 13.1. The number of para-hydroxylation sites is 1. The van der Waals surface area contributed by atoms with E-state index in [9.17, 15) is 9.18 Å². The first kappa shape index (κ1) is 17.1. The summed E-state index contributed by atoms with van der Waals surface area (Å²) in [5.74, 6) is -0.721. The van der Waals surface area contributed by atoms with Gasteiger partial charge in [-0.25, -0.2) is 14.4 Å². The number of benzene rings is 2. The van der Waals surface area contributed by atoms with Crippen molar-refractivity contribution in [2.24, 2.45) is 4.99 Å². The molecule has 0 spiro atoms. The number of hydrogen-bond donors (Lipinski definition) is 1. The van der Waals surface area contributed by atoms with Gasteiger partial charge >= 0.3 is 0 Å². The molecule has 2 aromatic carbocycles. The van der Waals surface area contributed by atoms with Gasteiger partial charge in [-0.1, -0.05) is 18.2 Å². The predicted molar refractivity (Wildman–Crippen MR) is 103 cm³/mol. The Morgan fingerprint density at radius 2 is 2.07 bits per heavy atom. The number of amides is 1. The van der Waals surface area contributed by atoms with E-state index in [1.54, 1.807) is 36.7 Å². The molecular formula is C20H14FN3O2S. The molecule has 0 atom stereocenters. The van der Waals surface area contributed by atoms with Crippen molar-refractivity contribution in [1.82, 2.24) is 4.98 Å². The lowest BCUT2D eigenvalue weighted by molar-refractivity contribution is 0.102. The molecule has 0 aliphatic carbocycles. The summed E-state index contributed by atoms with van der Waals surface area (Å²) in [6.07, 6.45) is 1.61. The average Bonchev–Trinajstić information content (AvgIpc) is 3.16. The van der Waals surface area contributed by atoms with Crippen molar-refractivity contribution >= 4 is 39.0 Å². The Bertz CT molecular complexity index is 1200. The molecule has 0 radical (unpaired) electrons. The summed E-state index contributed by atoms with van der Waals surface area (Å²) in [5, 5.41) is 5.77. The lowest BCUT2D eigenvalue weighted by Crippen LogP contribution is -2.21. The van der Waals surface area contributed by atoms with Crippen LogP contribution in [-0.4, -0.2) is 10.9 Å². The molecule has 0 unspecified atom stereocenters. The van der Waals surface area contributed by atoms with Gasteiger partial charge in [-0.2, -0.15) is 0 Å². The summed E-state index contributed by atoms with van der Waals surface area (Å²) in [6.45, 7) is 1.75. The van der Waals surface area contributed by atoms with Crippen LogP contribution in [0, 0.1) is 12.7 Å². The van der Waals surface area contributed by atoms with Gasteiger partial charge in [-0.05, 0) is 42.8 Å². The third-order valence-electron chi connectivity index (χ3n) is 3.93. The Morgan fingerprint density at radius 1 is 1.22 bits per heavy atom. The zero-order valence-corrected chi connectivity index (χ0v) is 15.1. The number of aryl methyl sites for hydroxylation is 1. The second-order valence-electron chi connectivity index (χ2n) is 5.84. The van der Waals surface area contributed by atoms with E-state index in [0.29, 0.717) is 22.0 Å². The Kier molecular flexibility index (Phi) is 4.52. The lowest BCUT2D eigenvalue weighted by atomic mass is 10.1. The minimum absolute atomic E-state index is 0.150. The summed E-state index contributed by atoms with van der Waals surface area (Å²) in [4.78, 5) is 21.3. The molecule has 2 aromatic heterocycles. The molecule has 0 aliphatic heterocycles. The lowest BCUT2D eigenvalue weighted by Gasteiger charge is -2.06. The van der Waals surface area contributed by atoms with Gasteiger partial charge in [0.15, 0.2) is 5.13 Å². The number of rotatable bonds is 3. The predicted octanol–water partition coefficient (Wildman–Crippen LogP) is 4.82. The van der Waals surface area contributed by atoms with Crippen molar-refractivity contribution in [1.29, 1.82) is 0 Å². The van der Waals surface area contributed by atoms with E-state index in [1.165, 1.54) is 23.5 Å². The van der Waals surface area contributed by atoms with Crippen molar-refractivity contribution in [2.45, 2.75) is 6.92 Å². The minimum atomic E-state index is -0.377. The largest absolute Gasteiger partial charge is 0.438 e. The second kappa shape index (κ2) is 7.13. The number of anilines is 1. The topological polar surface area (TPSA) is 67.5 Å². The van der Waals surface area contributed by atoms with Crippen LogP contribution >= 0.6 is 11.3 Å². The van der Waals surface area contributed by atoms with E-state index in [1.807, 2.05) is 18.2 Å². The van der Waals surface area contributed by atoms with Crippen molar-refractivity contribution in [3.8, 4) is 0 Å². The van der Waals surface area contributed by atoms with Crippen molar-refractivity contribution in [2.75, 3.05) is 5.32 Å². The van der Waals surface area contributed by atoms with Gasteiger partial charge in [-0.15, -0.1) is 11.3 Å². The van der Waals surface area contributed by atoms with E-state index in [0.717, 1.165) is 5.39 Å². The fourth-order valence-corrected chi connectivity index (χ4v) is 3.14. The number of hydrogen-bond acceptors (Lipinski definition) is 5. The number of thiazole rings is 1. The smallest absolute Gasteiger partial charge is 0.262 e. The van der Waals surface area contributed by atoms with E-state index in [-0.39, 0.29) is 22.8 Å². The number of carbonyl (C=O) groups excluding carboxylic acids is 1. The fraction of sp³-hybridized carbons (Fsp3) is 0.0500. The van der Waals surface area contributed by atoms with E-state index in [2.05, 4.69) is 15.3 Å². The Labute approximate surface area is 157 Å². The van der Waals surface area contributed by atoms with Gasteiger partial charge < -0.3 is 4.42 Å². The Morgan fingerprint density at radius 3 is 2.85 bits per heavy atom. The highest BCUT2D eigenvalue weighted by Crippen LogP contribution is 2.20. The molecule has 0 bridgehead atoms. The SMILES string of the molecule is Cc1cc(F)ccc1N=c1oc2ccccc2cc1C(=O)Nc1nccs1. The molecule has 4 rings (SSSR count). The highest BCUT2D eigenvalue weighted by Gasteiger charge is 2.14. The molecule has 1 amide bonds. The maximum Gasteiger partial charge on any atom is 0.262 e. The molecule has 0 saturated carbocycles. The number of aromatic nitrogens is 1. The van der Waals surface area contributed by atoms with Gasteiger partial charge in [0, 0.05) is 17.0 Å². The highest BCUT2D eigenvalue weighted by molar-refractivity contribution is 7.13. The maximum absolute atomic E-state index is 13.4. The Balaban J connectivity index is 1.89. The zero-order chi connectivity index (χ0) is 18.8. The summed E-state index contributed by atoms with van der Waals surface area (Å²) < 4.78 is 19.3. The van der Waals surface area contributed by atoms with Crippen LogP contribution in [0.15, 0.2) is 69.5 Å². The number of nitrogens with zero attached hydrogens (tertiary/aromatic N) is 2. The van der Waals surface area contributed by atoms with Gasteiger partial charge in [0.25, 0.3) is 5.91 Å². The molecule has 0 saturated heterocycles. The van der Waals surface area contributed by atoms with E-state index >= 15 is 0 Å². The molecule has 134 valence electrons. The van der Waals surface area contributed by atoms with Gasteiger partial charge in [0.05, 0.1) is 5.69 Å². The standard InChI is InChI=1S/C20H14FN3O2S/c1-12-10-14(21)6-7-16(12)23-19-15(18(25)24-20-22-8-9-27-20)11-13-4-2-3-5-17(13)26-19/h2-11H,1H3,(H,22,24,25). The normalized spacial score (nSPS) is 11.7. The van der Waals surface area contributed by atoms with Crippen molar-refractivity contribution in [3.05, 3.63) is 82.6 Å². The molecule has 2 heterocycles. The molecule has 5 nitrogen and oxygen atoms in total. The molecule has 0 fully saturated rings. The second-order valence-corrected chi connectivity index (χ2v) is 6.73. The molecule has 0 aliphatic rings. The van der Waals surface area contributed by atoms with Crippen LogP contribution in [0.4, 0.5) is 15.2 Å². The summed E-state index contributed by atoms with van der Waals surface area (Å²) in [7, 11) is 0.